The van der Waals surface area contributed by atoms with E-state index in [2.05, 4.69) is 0 Å². The number of aliphatic hydroxyl groups excluding tert-OH is 6. The summed E-state index contributed by atoms with van der Waals surface area (Å²) in [6, 6.07) is 0. The normalized spacial score (nSPS) is 45.7. The van der Waals surface area contributed by atoms with E-state index in [1.807, 2.05) is 0 Å². The monoisotopic (exact) mass is 384 g/mol. The van der Waals surface area contributed by atoms with E-state index >= 15 is 0 Å². The van der Waals surface area contributed by atoms with E-state index in [4.69, 9.17) is 14.2 Å². The van der Waals surface area contributed by atoms with Gasteiger partial charge in [-0.05, 0) is 20.3 Å². The molecule has 6 N–H and O–H groups in total. The van der Waals surface area contributed by atoms with E-state index in [1.165, 1.54) is 0 Å². The summed E-state index contributed by atoms with van der Waals surface area (Å²) in [5.41, 5.74) is -0.951. The summed E-state index contributed by atoms with van der Waals surface area (Å²) in [5, 5.41) is 58.4. The van der Waals surface area contributed by atoms with Gasteiger partial charge in [0.2, 0.25) is 0 Å². The summed E-state index contributed by atoms with van der Waals surface area (Å²) in [6.45, 7) is 2.77. The Morgan fingerprint density at radius 1 is 0.960 bits per heavy atom. The van der Waals surface area contributed by atoms with Crippen molar-refractivity contribution in [1.82, 2.24) is 0 Å². The Labute approximate surface area is 150 Å². The van der Waals surface area contributed by atoms with Crippen molar-refractivity contribution in [1.29, 1.82) is 0 Å². The van der Waals surface area contributed by atoms with Crippen LogP contribution in [0.25, 0.3) is 0 Å². The van der Waals surface area contributed by atoms with Gasteiger partial charge in [-0.25, -0.2) is 0 Å². The molecule has 0 spiro atoms. The zero-order chi connectivity index (χ0) is 18.7. The second-order valence-electron chi connectivity index (χ2n) is 6.59. The Morgan fingerprint density at radius 3 is 2.16 bits per heavy atom. The third kappa shape index (κ3) is 5.04. The molecule has 0 aromatic rings. The molecule has 2 aliphatic heterocycles. The van der Waals surface area contributed by atoms with E-state index in [-0.39, 0.29) is 19.1 Å². The molecule has 0 aromatic carbocycles. The highest BCUT2D eigenvalue weighted by Gasteiger charge is 2.47. The van der Waals surface area contributed by atoms with Crippen LogP contribution in [0.2, 0.25) is 0 Å². The SMILES string of the molecule is CC(C)O[C@H]1O[C@H](CO)[C@H](S[C@@H]2O[C@H](CO)[C@H](O)[C@H](O)[C@H]2O)C[C@H]1O. The highest BCUT2D eigenvalue weighted by molar-refractivity contribution is 8.00. The summed E-state index contributed by atoms with van der Waals surface area (Å²) in [5.74, 6) is 0. The molecule has 0 saturated carbocycles. The molecular weight excluding hydrogens is 356 g/mol. The first kappa shape index (κ1) is 21.3. The van der Waals surface area contributed by atoms with Gasteiger partial charge in [0.15, 0.2) is 6.29 Å². The Kier molecular flexibility index (Phi) is 7.89. The van der Waals surface area contributed by atoms with Crippen LogP contribution in [-0.2, 0) is 14.2 Å². The first-order valence-corrected chi connectivity index (χ1v) is 9.28. The minimum absolute atomic E-state index is 0.159. The van der Waals surface area contributed by atoms with E-state index in [9.17, 15) is 30.6 Å². The highest BCUT2D eigenvalue weighted by Crippen LogP contribution is 2.37. The van der Waals surface area contributed by atoms with Gasteiger partial charge in [-0.15, -0.1) is 11.8 Å². The minimum atomic E-state index is -1.47. The Balaban J connectivity index is 2.03. The van der Waals surface area contributed by atoms with Crippen molar-refractivity contribution in [2.24, 2.45) is 0 Å². The lowest BCUT2D eigenvalue weighted by atomic mass is 10.0. The van der Waals surface area contributed by atoms with E-state index in [0.717, 1.165) is 11.8 Å². The average Bonchev–Trinajstić information content (AvgIpc) is 2.57. The van der Waals surface area contributed by atoms with Gasteiger partial charge in [0, 0.05) is 5.25 Å². The zero-order valence-electron chi connectivity index (χ0n) is 14.2. The molecule has 0 bridgehead atoms. The standard InChI is InChI=1S/C15H28O9S/c1-6(2)22-14-7(18)3-10(8(4-16)23-14)25-15-13(21)12(20)11(19)9(5-17)24-15/h6-21H,3-5H2,1-2H3/t7-,8-,9-,10-,11+,12+,13-,14+,15+/m1/s1. The van der Waals surface area contributed by atoms with Crippen LogP contribution < -0.4 is 0 Å². The molecule has 2 heterocycles. The predicted molar refractivity (Wildman–Crippen MR) is 87.7 cm³/mol. The molecule has 2 saturated heterocycles. The molecule has 0 amide bonds. The molecule has 25 heavy (non-hydrogen) atoms. The average molecular weight is 384 g/mol. The fourth-order valence-electron chi connectivity index (χ4n) is 2.90. The molecule has 9 atom stereocenters. The van der Waals surface area contributed by atoms with Gasteiger partial charge in [0.05, 0.1) is 25.4 Å². The van der Waals surface area contributed by atoms with Gasteiger partial charge in [0.1, 0.15) is 36.0 Å². The quantitative estimate of drug-likeness (QED) is 0.297. The Morgan fingerprint density at radius 2 is 1.60 bits per heavy atom. The summed E-state index contributed by atoms with van der Waals surface area (Å²) in [4.78, 5) is 0. The lowest BCUT2D eigenvalue weighted by Gasteiger charge is -2.44. The van der Waals surface area contributed by atoms with E-state index in [1.54, 1.807) is 13.8 Å². The highest BCUT2D eigenvalue weighted by atomic mass is 32.2. The molecule has 148 valence electrons. The van der Waals surface area contributed by atoms with Crippen molar-refractivity contribution >= 4 is 11.8 Å². The second kappa shape index (κ2) is 9.27. The van der Waals surface area contributed by atoms with Crippen LogP contribution in [-0.4, -0.2) is 104 Å². The maximum atomic E-state index is 10.2. The maximum Gasteiger partial charge on any atom is 0.184 e. The van der Waals surface area contributed by atoms with Crippen molar-refractivity contribution in [2.45, 2.75) is 80.0 Å². The summed E-state index contributed by atoms with van der Waals surface area (Å²) < 4.78 is 16.5. The van der Waals surface area contributed by atoms with Crippen LogP contribution in [0.4, 0.5) is 0 Å². The number of rotatable bonds is 6. The van der Waals surface area contributed by atoms with Crippen molar-refractivity contribution in [3.63, 3.8) is 0 Å². The number of hydrogen-bond acceptors (Lipinski definition) is 10. The first-order chi connectivity index (χ1) is 11.8. The third-order valence-corrected chi connectivity index (χ3v) is 5.76. The van der Waals surface area contributed by atoms with Crippen molar-refractivity contribution < 1.29 is 44.8 Å². The lowest BCUT2D eigenvalue weighted by Crippen LogP contribution is -2.58. The van der Waals surface area contributed by atoms with Crippen LogP contribution in [0, 0.1) is 0 Å². The molecule has 0 aliphatic carbocycles. The molecule has 2 aliphatic rings. The number of hydrogen-bond donors (Lipinski definition) is 6. The van der Waals surface area contributed by atoms with Crippen molar-refractivity contribution in [3.8, 4) is 0 Å². The largest absolute Gasteiger partial charge is 0.394 e. The number of ether oxygens (including phenoxy) is 3. The van der Waals surface area contributed by atoms with Crippen LogP contribution in [0.5, 0.6) is 0 Å². The molecule has 2 rings (SSSR count). The van der Waals surface area contributed by atoms with Gasteiger partial charge < -0.3 is 44.8 Å². The van der Waals surface area contributed by atoms with Crippen LogP contribution >= 0.6 is 11.8 Å². The first-order valence-electron chi connectivity index (χ1n) is 8.34. The van der Waals surface area contributed by atoms with E-state index < -0.39 is 60.2 Å². The molecule has 0 radical (unpaired) electrons. The fraction of sp³-hybridized carbons (Fsp3) is 1.00. The molecule has 0 unspecified atom stereocenters. The molecule has 10 heteroatoms. The van der Waals surface area contributed by atoms with E-state index in [0.29, 0.717) is 0 Å². The summed E-state index contributed by atoms with van der Waals surface area (Å²) >= 11 is 1.08. The van der Waals surface area contributed by atoms with Crippen molar-refractivity contribution in [2.75, 3.05) is 13.2 Å². The predicted octanol–water partition coefficient (Wildman–Crippen LogP) is -2.22. The Hall–Kier alpha value is -0.0100. The lowest BCUT2D eigenvalue weighted by molar-refractivity contribution is -0.255. The second-order valence-corrected chi connectivity index (χ2v) is 7.93. The van der Waals surface area contributed by atoms with Crippen LogP contribution in [0.15, 0.2) is 0 Å². The molecule has 9 nitrogen and oxygen atoms in total. The number of aliphatic hydroxyl groups is 6. The van der Waals surface area contributed by atoms with Gasteiger partial charge >= 0.3 is 0 Å². The topological polar surface area (TPSA) is 149 Å². The molecule has 2 fully saturated rings. The zero-order valence-corrected chi connectivity index (χ0v) is 15.0. The van der Waals surface area contributed by atoms with Crippen LogP contribution in [0.3, 0.4) is 0 Å². The van der Waals surface area contributed by atoms with Gasteiger partial charge in [0.25, 0.3) is 0 Å². The minimum Gasteiger partial charge on any atom is -0.394 e. The van der Waals surface area contributed by atoms with Crippen molar-refractivity contribution in [3.05, 3.63) is 0 Å². The maximum absolute atomic E-state index is 10.2. The Bertz CT molecular complexity index is 410. The summed E-state index contributed by atoms with van der Waals surface area (Å²) in [7, 11) is 0. The van der Waals surface area contributed by atoms with Gasteiger partial charge in [-0.3, -0.25) is 0 Å². The fourth-order valence-corrected chi connectivity index (χ4v) is 4.41. The third-order valence-electron chi connectivity index (χ3n) is 4.26. The molecular formula is C15H28O9S. The summed E-state index contributed by atoms with van der Waals surface area (Å²) in [6.07, 6.45) is -7.67. The van der Waals surface area contributed by atoms with Gasteiger partial charge in [-0.1, -0.05) is 0 Å². The van der Waals surface area contributed by atoms with Gasteiger partial charge in [-0.2, -0.15) is 0 Å². The smallest absolute Gasteiger partial charge is 0.184 e. The number of thioether (sulfide) groups is 1. The van der Waals surface area contributed by atoms with Crippen LogP contribution in [0.1, 0.15) is 20.3 Å². The molecule has 0 aromatic heterocycles.